The number of hydrogen-bond donors (Lipinski definition) is 0. The number of rotatable bonds is 1. The molecule has 0 heterocycles. The third-order valence-corrected chi connectivity index (χ3v) is 1.43. The first kappa shape index (κ1) is 6.21. The molecule has 0 aromatic heterocycles. The molecule has 0 spiro atoms. The fraction of sp³-hybridized carbons (Fsp3) is 0.222. The molecule has 0 fully saturated rings. The molecule has 0 aliphatic carbocycles. The monoisotopic (exact) mass is 119 g/mol. The highest BCUT2D eigenvalue weighted by Crippen LogP contribution is 2.02. The lowest BCUT2D eigenvalue weighted by Gasteiger charge is -2.01. The zero-order valence-corrected chi connectivity index (χ0v) is 5.72. The van der Waals surface area contributed by atoms with E-state index in [2.05, 4.69) is 26.0 Å². The SMILES string of the molecule is [CH2-]c1ccc(CC)cc1. The van der Waals surface area contributed by atoms with Gasteiger partial charge < -0.3 is 0 Å². The van der Waals surface area contributed by atoms with Crippen molar-refractivity contribution in [3.05, 3.63) is 42.3 Å². The second-order valence-electron chi connectivity index (χ2n) is 2.17. The van der Waals surface area contributed by atoms with Crippen molar-refractivity contribution in [3.63, 3.8) is 0 Å². The topological polar surface area (TPSA) is 0 Å². The van der Waals surface area contributed by atoms with Gasteiger partial charge in [0.25, 0.3) is 0 Å². The second-order valence-corrected chi connectivity index (χ2v) is 2.17. The van der Waals surface area contributed by atoms with Gasteiger partial charge in [-0.05, 0) is 6.42 Å². The first-order valence-corrected chi connectivity index (χ1v) is 3.24. The normalized spacial score (nSPS) is 9.44. The van der Waals surface area contributed by atoms with Crippen LogP contribution in [0.5, 0.6) is 0 Å². The molecule has 0 radical (unpaired) electrons. The Balaban J connectivity index is 2.88. The molecule has 0 aliphatic heterocycles. The molecule has 1 rings (SSSR count). The van der Waals surface area contributed by atoms with Gasteiger partial charge in [-0.2, -0.15) is 24.6 Å². The Hall–Kier alpha value is -0.910. The minimum atomic E-state index is 1.09. The number of benzene rings is 1. The molecule has 0 atom stereocenters. The molecule has 0 saturated carbocycles. The van der Waals surface area contributed by atoms with E-state index in [1.54, 1.807) is 0 Å². The van der Waals surface area contributed by atoms with E-state index in [1.165, 1.54) is 5.56 Å². The van der Waals surface area contributed by atoms with E-state index in [1.807, 2.05) is 12.1 Å². The molecule has 0 nitrogen and oxygen atoms in total. The average molecular weight is 119 g/mol. The van der Waals surface area contributed by atoms with E-state index >= 15 is 0 Å². The van der Waals surface area contributed by atoms with Gasteiger partial charge in [0.1, 0.15) is 0 Å². The van der Waals surface area contributed by atoms with Crippen LogP contribution in [0.4, 0.5) is 0 Å². The molecule has 1 aromatic carbocycles. The van der Waals surface area contributed by atoms with Crippen LogP contribution in [0.2, 0.25) is 0 Å². The quantitative estimate of drug-likeness (QED) is 0.498. The van der Waals surface area contributed by atoms with Crippen LogP contribution in [-0.2, 0) is 6.42 Å². The van der Waals surface area contributed by atoms with E-state index in [0.717, 1.165) is 12.0 Å². The van der Waals surface area contributed by atoms with Crippen molar-refractivity contribution in [2.24, 2.45) is 0 Å². The summed E-state index contributed by atoms with van der Waals surface area (Å²) in [5, 5.41) is 0. The van der Waals surface area contributed by atoms with E-state index in [9.17, 15) is 0 Å². The molecular weight excluding hydrogens is 108 g/mol. The summed E-state index contributed by atoms with van der Waals surface area (Å²) in [6.07, 6.45) is 1.11. The number of aryl methyl sites for hydroxylation is 1. The largest absolute Gasteiger partial charge is 0.199 e. The van der Waals surface area contributed by atoms with Gasteiger partial charge in [-0.3, -0.25) is 0 Å². The third kappa shape index (κ3) is 1.49. The average Bonchev–Trinajstić information content (AvgIpc) is 1.90. The lowest BCUT2D eigenvalue weighted by molar-refractivity contribution is 1.14. The molecule has 0 heteroatoms. The van der Waals surface area contributed by atoms with Crippen molar-refractivity contribution >= 4 is 0 Å². The van der Waals surface area contributed by atoms with Crippen LogP contribution in [0.15, 0.2) is 24.3 Å². The lowest BCUT2D eigenvalue weighted by Crippen LogP contribution is -1.77. The highest BCUT2D eigenvalue weighted by molar-refractivity contribution is 5.23. The van der Waals surface area contributed by atoms with E-state index in [4.69, 9.17) is 0 Å². The summed E-state index contributed by atoms with van der Waals surface area (Å²) >= 11 is 0. The van der Waals surface area contributed by atoms with Gasteiger partial charge in [-0.15, -0.1) is 12.1 Å². The second kappa shape index (κ2) is 2.58. The molecule has 0 unspecified atom stereocenters. The predicted molar refractivity (Wildman–Crippen MR) is 40.3 cm³/mol. The molecule has 1 aromatic rings. The Bertz CT molecular complexity index is 172. The Kier molecular flexibility index (Phi) is 1.78. The van der Waals surface area contributed by atoms with E-state index in [0.29, 0.717) is 0 Å². The minimum Gasteiger partial charge on any atom is -0.199 e. The van der Waals surface area contributed by atoms with Gasteiger partial charge in [-0.1, -0.05) is 12.5 Å². The van der Waals surface area contributed by atoms with Crippen LogP contribution in [0, 0.1) is 6.92 Å². The zero-order chi connectivity index (χ0) is 6.69. The van der Waals surface area contributed by atoms with Crippen molar-refractivity contribution in [2.75, 3.05) is 0 Å². The minimum absolute atomic E-state index is 1.09. The summed E-state index contributed by atoms with van der Waals surface area (Å²) in [4.78, 5) is 0. The van der Waals surface area contributed by atoms with Gasteiger partial charge in [-0.25, -0.2) is 0 Å². The van der Waals surface area contributed by atoms with Gasteiger partial charge in [0.2, 0.25) is 0 Å². The maximum Gasteiger partial charge on any atom is -0.0328 e. The van der Waals surface area contributed by atoms with Crippen molar-refractivity contribution in [2.45, 2.75) is 13.3 Å². The van der Waals surface area contributed by atoms with E-state index in [-0.39, 0.29) is 0 Å². The maximum atomic E-state index is 3.80. The van der Waals surface area contributed by atoms with Gasteiger partial charge in [0, 0.05) is 0 Å². The Morgan fingerprint density at radius 3 is 2.22 bits per heavy atom. The molecule has 0 bridgehead atoms. The Labute approximate surface area is 56.5 Å². The highest BCUT2D eigenvalue weighted by atomic mass is 13.9. The molecule has 0 aliphatic rings. The van der Waals surface area contributed by atoms with Crippen LogP contribution in [0.25, 0.3) is 0 Å². The lowest BCUT2D eigenvalue weighted by atomic mass is 10.1. The molecular formula is C9H11-. The molecule has 0 N–H and O–H groups in total. The van der Waals surface area contributed by atoms with Crippen LogP contribution in [0.3, 0.4) is 0 Å². The Morgan fingerprint density at radius 1 is 1.22 bits per heavy atom. The summed E-state index contributed by atoms with van der Waals surface area (Å²) in [5.74, 6) is 0. The smallest absolute Gasteiger partial charge is 0.0328 e. The summed E-state index contributed by atoms with van der Waals surface area (Å²) in [6, 6.07) is 8.31. The number of hydrogen-bond acceptors (Lipinski definition) is 0. The summed E-state index contributed by atoms with van der Waals surface area (Å²) in [7, 11) is 0. The molecule has 48 valence electrons. The van der Waals surface area contributed by atoms with Crippen LogP contribution in [0.1, 0.15) is 18.1 Å². The van der Waals surface area contributed by atoms with Crippen molar-refractivity contribution in [1.82, 2.24) is 0 Å². The fourth-order valence-corrected chi connectivity index (χ4v) is 0.775. The zero-order valence-electron chi connectivity index (χ0n) is 5.72. The standard InChI is InChI=1S/C9H11/c1-3-9-6-4-8(2)5-7-9/h4-7H,2-3H2,1H3/q-1. The first-order chi connectivity index (χ1) is 4.33. The summed E-state index contributed by atoms with van der Waals surface area (Å²) < 4.78 is 0. The van der Waals surface area contributed by atoms with Crippen LogP contribution >= 0.6 is 0 Å². The summed E-state index contributed by atoms with van der Waals surface area (Å²) in [6.45, 7) is 5.95. The van der Waals surface area contributed by atoms with Crippen molar-refractivity contribution in [1.29, 1.82) is 0 Å². The van der Waals surface area contributed by atoms with Crippen molar-refractivity contribution < 1.29 is 0 Å². The van der Waals surface area contributed by atoms with Crippen molar-refractivity contribution in [3.8, 4) is 0 Å². The fourth-order valence-electron chi connectivity index (χ4n) is 0.775. The highest BCUT2D eigenvalue weighted by Gasteiger charge is 1.79. The van der Waals surface area contributed by atoms with Gasteiger partial charge >= 0.3 is 0 Å². The molecule has 0 amide bonds. The van der Waals surface area contributed by atoms with Gasteiger partial charge in [0.15, 0.2) is 0 Å². The Morgan fingerprint density at radius 2 is 1.78 bits per heavy atom. The maximum absolute atomic E-state index is 3.80. The van der Waals surface area contributed by atoms with Gasteiger partial charge in [0.05, 0.1) is 0 Å². The van der Waals surface area contributed by atoms with Crippen LogP contribution in [-0.4, -0.2) is 0 Å². The summed E-state index contributed by atoms with van der Waals surface area (Å²) in [5.41, 5.74) is 2.47. The molecule has 0 saturated heterocycles. The van der Waals surface area contributed by atoms with E-state index < -0.39 is 0 Å². The van der Waals surface area contributed by atoms with Crippen LogP contribution < -0.4 is 0 Å². The first-order valence-electron chi connectivity index (χ1n) is 3.24. The molecule has 9 heavy (non-hydrogen) atoms. The predicted octanol–water partition coefficient (Wildman–Crippen LogP) is 2.43. The third-order valence-electron chi connectivity index (χ3n) is 1.43.